The van der Waals surface area contributed by atoms with E-state index in [0.29, 0.717) is 39.4 Å². The predicted octanol–water partition coefficient (Wildman–Crippen LogP) is 5.53. The normalized spacial score (nSPS) is 11.2. The number of pyridine rings is 2. The molecule has 35 heavy (non-hydrogen) atoms. The van der Waals surface area contributed by atoms with E-state index >= 15 is 0 Å². The lowest BCUT2D eigenvalue weighted by atomic mass is 10.1. The standard InChI is InChI=1S/C26H22FN5O3/c1-16(2)32-25-20(15-30-32)19(12-22(31-25)24-6-4-10-34-24)26(33)29-13-17-7-8-23(21(27)11-17)35-18-5-3-9-28-14-18/h3-12,14-16H,13H2,1-2H3,(H,29,33). The predicted molar refractivity (Wildman–Crippen MR) is 127 cm³/mol. The number of rotatable bonds is 7. The van der Waals surface area contributed by atoms with Crippen molar-refractivity contribution in [2.24, 2.45) is 0 Å². The number of hydrogen-bond acceptors (Lipinski definition) is 6. The van der Waals surface area contributed by atoms with Crippen molar-refractivity contribution < 1.29 is 18.3 Å². The van der Waals surface area contributed by atoms with Crippen LogP contribution in [0, 0.1) is 5.82 Å². The van der Waals surface area contributed by atoms with Crippen LogP contribution in [0.4, 0.5) is 4.39 Å². The van der Waals surface area contributed by atoms with Crippen molar-refractivity contribution in [3.8, 4) is 23.0 Å². The Morgan fingerprint density at radius 3 is 2.77 bits per heavy atom. The Morgan fingerprint density at radius 2 is 2.06 bits per heavy atom. The molecule has 0 aliphatic rings. The Labute approximate surface area is 200 Å². The van der Waals surface area contributed by atoms with Gasteiger partial charge in [-0.1, -0.05) is 6.07 Å². The number of amides is 1. The largest absolute Gasteiger partial charge is 0.463 e. The Morgan fingerprint density at radius 1 is 1.17 bits per heavy atom. The fourth-order valence-electron chi connectivity index (χ4n) is 3.68. The highest BCUT2D eigenvalue weighted by Crippen LogP contribution is 2.27. The molecule has 0 fully saturated rings. The molecule has 4 heterocycles. The molecule has 0 saturated carbocycles. The van der Waals surface area contributed by atoms with E-state index in [2.05, 4.69) is 20.4 Å². The summed E-state index contributed by atoms with van der Waals surface area (Å²) in [5.74, 6) is 0.190. The van der Waals surface area contributed by atoms with E-state index in [4.69, 9.17) is 9.15 Å². The van der Waals surface area contributed by atoms with E-state index in [9.17, 15) is 9.18 Å². The number of aromatic nitrogens is 4. The third-order valence-corrected chi connectivity index (χ3v) is 5.39. The van der Waals surface area contributed by atoms with Gasteiger partial charge in [-0.3, -0.25) is 9.78 Å². The van der Waals surface area contributed by atoms with Crippen molar-refractivity contribution in [1.82, 2.24) is 25.1 Å². The number of nitrogens with zero attached hydrogens (tertiary/aromatic N) is 4. The van der Waals surface area contributed by atoms with Crippen molar-refractivity contribution in [1.29, 1.82) is 0 Å². The summed E-state index contributed by atoms with van der Waals surface area (Å²) in [6.07, 6.45) is 6.29. The van der Waals surface area contributed by atoms with Crippen LogP contribution in [0.2, 0.25) is 0 Å². The zero-order valence-corrected chi connectivity index (χ0v) is 19.1. The smallest absolute Gasteiger partial charge is 0.252 e. The van der Waals surface area contributed by atoms with Gasteiger partial charge in [0.1, 0.15) is 11.4 Å². The molecule has 1 amide bonds. The van der Waals surface area contributed by atoms with Gasteiger partial charge in [-0.25, -0.2) is 14.1 Å². The molecule has 0 atom stereocenters. The van der Waals surface area contributed by atoms with E-state index in [1.54, 1.807) is 59.7 Å². The summed E-state index contributed by atoms with van der Waals surface area (Å²) in [7, 11) is 0. The van der Waals surface area contributed by atoms with Crippen LogP contribution in [0.3, 0.4) is 0 Å². The summed E-state index contributed by atoms with van der Waals surface area (Å²) in [5, 5.41) is 7.90. The summed E-state index contributed by atoms with van der Waals surface area (Å²) in [6.45, 7) is 4.11. The molecule has 0 radical (unpaired) electrons. The molecule has 0 aliphatic heterocycles. The van der Waals surface area contributed by atoms with E-state index in [1.807, 2.05) is 13.8 Å². The van der Waals surface area contributed by atoms with Crippen LogP contribution in [0.5, 0.6) is 11.5 Å². The average molecular weight is 471 g/mol. The number of carbonyl (C=O) groups excluding carboxylic acids is 1. The summed E-state index contributed by atoms with van der Waals surface area (Å²) in [6, 6.07) is 13.2. The molecule has 4 aromatic heterocycles. The number of ether oxygens (including phenoxy) is 1. The van der Waals surface area contributed by atoms with Crippen LogP contribution in [0.15, 0.2) is 77.8 Å². The summed E-state index contributed by atoms with van der Waals surface area (Å²) in [5.41, 5.74) is 2.11. The first-order valence-electron chi connectivity index (χ1n) is 11.1. The fraction of sp³-hybridized carbons (Fsp3) is 0.154. The van der Waals surface area contributed by atoms with Gasteiger partial charge in [-0.2, -0.15) is 5.10 Å². The highest BCUT2D eigenvalue weighted by molar-refractivity contribution is 6.06. The lowest BCUT2D eigenvalue weighted by molar-refractivity contribution is 0.0952. The topological polar surface area (TPSA) is 95.1 Å². The van der Waals surface area contributed by atoms with Gasteiger partial charge in [0, 0.05) is 18.8 Å². The Bertz CT molecular complexity index is 1480. The maximum Gasteiger partial charge on any atom is 0.252 e. The molecule has 5 aromatic rings. The first-order valence-corrected chi connectivity index (χ1v) is 11.1. The van der Waals surface area contributed by atoms with Gasteiger partial charge in [0.2, 0.25) is 0 Å². The molecule has 176 valence electrons. The Kier molecular flexibility index (Phi) is 5.97. The summed E-state index contributed by atoms with van der Waals surface area (Å²) >= 11 is 0. The Hall–Kier alpha value is -4.53. The van der Waals surface area contributed by atoms with Gasteiger partial charge in [0.05, 0.1) is 29.6 Å². The second-order valence-corrected chi connectivity index (χ2v) is 8.19. The van der Waals surface area contributed by atoms with Crippen molar-refractivity contribution in [3.05, 3.63) is 90.3 Å². The van der Waals surface area contributed by atoms with Gasteiger partial charge in [0.25, 0.3) is 5.91 Å². The summed E-state index contributed by atoms with van der Waals surface area (Å²) < 4.78 is 27.4. The first kappa shape index (κ1) is 22.3. The molecular weight excluding hydrogens is 449 g/mol. The quantitative estimate of drug-likeness (QED) is 0.335. The zero-order chi connectivity index (χ0) is 24.4. The number of nitrogens with one attached hydrogen (secondary N) is 1. The van der Waals surface area contributed by atoms with E-state index in [-0.39, 0.29) is 24.2 Å². The van der Waals surface area contributed by atoms with E-state index < -0.39 is 5.82 Å². The van der Waals surface area contributed by atoms with Gasteiger partial charge in [-0.15, -0.1) is 0 Å². The molecule has 0 unspecified atom stereocenters. The number of hydrogen-bond donors (Lipinski definition) is 1. The van der Waals surface area contributed by atoms with Crippen LogP contribution in [-0.4, -0.2) is 25.7 Å². The second kappa shape index (κ2) is 9.38. The van der Waals surface area contributed by atoms with Crippen LogP contribution in [-0.2, 0) is 6.54 Å². The monoisotopic (exact) mass is 471 g/mol. The number of fused-ring (bicyclic) bond motifs is 1. The van der Waals surface area contributed by atoms with E-state index in [1.165, 1.54) is 18.3 Å². The first-order chi connectivity index (χ1) is 17.0. The molecule has 9 heteroatoms. The number of halogens is 1. The number of furan rings is 1. The minimum Gasteiger partial charge on any atom is -0.463 e. The second-order valence-electron chi connectivity index (χ2n) is 8.19. The van der Waals surface area contributed by atoms with Crippen LogP contribution in [0.1, 0.15) is 35.8 Å². The molecule has 5 rings (SSSR count). The van der Waals surface area contributed by atoms with Crippen molar-refractivity contribution in [3.63, 3.8) is 0 Å². The SMILES string of the molecule is CC(C)n1ncc2c(C(=O)NCc3ccc(Oc4cccnc4)c(F)c3)cc(-c3ccco3)nc21. The maximum atomic E-state index is 14.6. The molecule has 0 aliphatic carbocycles. The van der Waals surface area contributed by atoms with Gasteiger partial charge in [-0.05, 0) is 61.9 Å². The third kappa shape index (κ3) is 4.61. The number of carbonyl (C=O) groups is 1. The van der Waals surface area contributed by atoms with Crippen LogP contribution < -0.4 is 10.1 Å². The molecule has 8 nitrogen and oxygen atoms in total. The minimum absolute atomic E-state index is 0.0538. The van der Waals surface area contributed by atoms with E-state index in [0.717, 1.165) is 0 Å². The van der Waals surface area contributed by atoms with Gasteiger partial charge >= 0.3 is 0 Å². The lowest BCUT2D eigenvalue weighted by Crippen LogP contribution is -2.23. The highest BCUT2D eigenvalue weighted by atomic mass is 19.1. The zero-order valence-electron chi connectivity index (χ0n) is 19.1. The fourth-order valence-corrected chi connectivity index (χ4v) is 3.68. The molecule has 1 aromatic carbocycles. The molecule has 0 spiro atoms. The van der Waals surface area contributed by atoms with Gasteiger partial charge in [0.15, 0.2) is 23.0 Å². The Balaban J connectivity index is 1.38. The third-order valence-electron chi connectivity index (χ3n) is 5.39. The minimum atomic E-state index is -0.537. The molecule has 1 N–H and O–H groups in total. The summed E-state index contributed by atoms with van der Waals surface area (Å²) in [4.78, 5) is 21.8. The van der Waals surface area contributed by atoms with Crippen molar-refractivity contribution >= 4 is 16.9 Å². The van der Waals surface area contributed by atoms with Crippen molar-refractivity contribution in [2.45, 2.75) is 26.4 Å². The number of benzene rings is 1. The van der Waals surface area contributed by atoms with Crippen molar-refractivity contribution in [2.75, 3.05) is 0 Å². The molecule has 0 bridgehead atoms. The molecular formula is C26H22FN5O3. The lowest BCUT2D eigenvalue weighted by Gasteiger charge is -2.11. The van der Waals surface area contributed by atoms with Crippen LogP contribution in [0.25, 0.3) is 22.5 Å². The molecule has 0 saturated heterocycles. The maximum absolute atomic E-state index is 14.6. The van der Waals surface area contributed by atoms with Crippen LogP contribution >= 0.6 is 0 Å². The highest BCUT2D eigenvalue weighted by Gasteiger charge is 2.19. The average Bonchev–Trinajstić information content (AvgIpc) is 3.54. The van der Waals surface area contributed by atoms with Gasteiger partial charge < -0.3 is 14.5 Å².